The summed E-state index contributed by atoms with van der Waals surface area (Å²) in [5.41, 5.74) is 0. The number of phosphoric acid groups is 2. The van der Waals surface area contributed by atoms with Crippen LogP contribution in [0.2, 0.25) is 0 Å². The van der Waals surface area contributed by atoms with E-state index in [9.17, 15) is 43.2 Å². The monoisotopic (exact) mass is 1400 g/mol. The first-order valence-electron chi connectivity index (χ1n) is 38.9. The molecule has 5 atom stereocenters. The van der Waals surface area contributed by atoms with Crippen LogP contribution in [0.4, 0.5) is 0 Å². The number of allylic oxidation sites excluding steroid dienone is 8. The number of carbonyl (C=O) groups excluding carboxylic acids is 4. The highest BCUT2D eigenvalue weighted by Crippen LogP contribution is 2.45. The molecule has 3 N–H and O–H groups in total. The van der Waals surface area contributed by atoms with Crippen molar-refractivity contribution in [1.82, 2.24) is 0 Å². The molecule has 5 unspecified atom stereocenters. The summed E-state index contributed by atoms with van der Waals surface area (Å²) < 4.78 is 68.5. The highest BCUT2D eigenvalue weighted by atomic mass is 31.2. The molecule has 96 heavy (non-hydrogen) atoms. The van der Waals surface area contributed by atoms with E-state index in [0.717, 1.165) is 122 Å². The van der Waals surface area contributed by atoms with E-state index in [0.29, 0.717) is 25.7 Å². The van der Waals surface area contributed by atoms with Gasteiger partial charge in [0.2, 0.25) is 0 Å². The number of rotatable bonds is 74. The molecule has 0 aromatic rings. The summed E-state index contributed by atoms with van der Waals surface area (Å²) in [6.07, 6.45) is 66.7. The van der Waals surface area contributed by atoms with Crippen LogP contribution < -0.4 is 0 Å². The fraction of sp³-hybridized carbons (Fsp3) is 0.844. The summed E-state index contributed by atoms with van der Waals surface area (Å²) in [6.45, 7) is 4.80. The molecule has 0 aliphatic rings. The molecule has 0 amide bonds. The third-order valence-corrected chi connectivity index (χ3v) is 18.7. The highest BCUT2D eigenvalue weighted by molar-refractivity contribution is 7.47. The topological polar surface area (TPSA) is 237 Å². The maximum Gasteiger partial charge on any atom is 0.472 e. The summed E-state index contributed by atoms with van der Waals surface area (Å²) >= 11 is 0. The van der Waals surface area contributed by atoms with E-state index in [1.165, 1.54) is 161 Å². The summed E-state index contributed by atoms with van der Waals surface area (Å²) in [5, 5.41) is 10.6. The van der Waals surface area contributed by atoms with Crippen molar-refractivity contribution in [2.45, 2.75) is 380 Å². The zero-order valence-electron chi connectivity index (χ0n) is 61.3. The van der Waals surface area contributed by atoms with Crippen molar-refractivity contribution < 1.29 is 80.2 Å². The second-order valence-electron chi connectivity index (χ2n) is 26.3. The van der Waals surface area contributed by atoms with Gasteiger partial charge in [0.1, 0.15) is 19.3 Å². The number of aliphatic hydroxyl groups is 1. The first-order valence-corrected chi connectivity index (χ1v) is 41.9. The van der Waals surface area contributed by atoms with Gasteiger partial charge >= 0.3 is 39.5 Å². The molecular weight excluding hydrogens is 1260 g/mol. The lowest BCUT2D eigenvalue weighted by atomic mass is 10.0. The molecular formula is C77H142O17P2. The number of phosphoric ester groups is 2. The molecule has 19 heteroatoms. The lowest BCUT2D eigenvalue weighted by Crippen LogP contribution is -2.30. The van der Waals surface area contributed by atoms with Crippen molar-refractivity contribution in [2.75, 3.05) is 39.6 Å². The summed E-state index contributed by atoms with van der Waals surface area (Å²) in [4.78, 5) is 72.8. The molecule has 17 nitrogen and oxygen atoms in total. The van der Waals surface area contributed by atoms with Crippen molar-refractivity contribution in [2.24, 2.45) is 0 Å². The zero-order valence-corrected chi connectivity index (χ0v) is 63.1. The van der Waals surface area contributed by atoms with Crippen LogP contribution in [-0.2, 0) is 65.4 Å². The number of unbranched alkanes of at least 4 members (excludes halogenated alkanes) is 40. The average Bonchev–Trinajstić information content (AvgIpc) is 2.18. The van der Waals surface area contributed by atoms with Gasteiger partial charge in [0.05, 0.1) is 26.4 Å². The molecule has 562 valence electrons. The Labute approximate surface area is 585 Å². The Morgan fingerprint density at radius 3 is 0.833 bits per heavy atom. The number of hydrogen-bond donors (Lipinski definition) is 3. The minimum atomic E-state index is -4.97. The largest absolute Gasteiger partial charge is 0.472 e. The summed E-state index contributed by atoms with van der Waals surface area (Å²) in [5.74, 6) is -2.16. The van der Waals surface area contributed by atoms with Gasteiger partial charge in [0, 0.05) is 25.7 Å². The fourth-order valence-electron chi connectivity index (χ4n) is 10.9. The Balaban J connectivity index is 5.30. The maximum atomic E-state index is 13.1. The second kappa shape index (κ2) is 70.5. The van der Waals surface area contributed by atoms with Gasteiger partial charge in [0.15, 0.2) is 12.2 Å². The van der Waals surface area contributed by atoms with Crippen LogP contribution in [0.25, 0.3) is 0 Å². The van der Waals surface area contributed by atoms with Crippen LogP contribution in [0.3, 0.4) is 0 Å². The molecule has 0 bridgehead atoms. The fourth-order valence-corrected chi connectivity index (χ4v) is 12.5. The Kier molecular flexibility index (Phi) is 68.3. The van der Waals surface area contributed by atoms with Crippen molar-refractivity contribution >= 4 is 39.5 Å². The van der Waals surface area contributed by atoms with Gasteiger partial charge in [-0.15, -0.1) is 0 Å². The predicted octanol–water partition coefficient (Wildman–Crippen LogP) is 22.1. The highest BCUT2D eigenvalue weighted by Gasteiger charge is 2.30. The average molecular weight is 1400 g/mol. The minimum absolute atomic E-state index is 0.0970. The number of aliphatic hydroxyl groups excluding tert-OH is 1. The van der Waals surface area contributed by atoms with Crippen LogP contribution in [0.5, 0.6) is 0 Å². The van der Waals surface area contributed by atoms with E-state index in [-0.39, 0.29) is 25.7 Å². The van der Waals surface area contributed by atoms with E-state index in [1.807, 2.05) is 0 Å². The standard InChI is InChI=1S/C77H142O17P2/c1-5-9-13-17-21-25-29-32-34-35-37-39-43-46-50-54-58-62-75(80)88-68-73(94-77(82)64-60-56-52-48-44-40-36-33-30-26-22-18-14-10-6-2)70-92-96(85,86)90-66-71(78)65-89-95(83,84)91-69-72(93-76(81)63-59-55-51-47-41-28-24-20-16-12-8-4)67-87-74(79)61-57-53-49-45-42-38-31-27-23-19-15-11-7-3/h9,13,21,25,32,34,37,39,71-73,78H,5-8,10-12,14-20,22-24,26-31,33,35-36,38,40-70H2,1-4H3,(H,83,84)(H,85,86)/b13-9-,25-21-,34-32-,39-37-. The molecule has 0 fully saturated rings. The Morgan fingerprint density at radius 2 is 0.542 bits per heavy atom. The Bertz CT molecular complexity index is 2010. The van der Waals surface area contributed by atoms with Gasteiger partial charge < -0.3 is 33.8 Å². The normalized spacial score (nSPS) is 14.2. The van der Waals surface area contributed by atoms with Crippen LogP contribution >= 0.6 is 15.6 Å². The molecule has 0 aromatic carbocycles. The number of hydrogen-bond acceptors (Lipinski definition) is 15. The molecule has 0 aromatic heterocycles. The first-order chi connectivity index (χ1) is 46.7. The van der Waals surface area contributed by atoms with Gasteiger partial charge in [-0.3, -0.25) is 37.3 Å². The van der Waals surface area contributed by atoms with Crippen molar-refractivity contribution in [3.63, 3.8) is 0 Å². The van der Waals surface area contributed by atoms with E-state index < -0.39 is 97.5 Å². The van der Waals surface area contributed by atoms with Gasteiger partial charge in [0.25, 0.3) is 0 Å². The van der Waals surface area contributed by atoms with Gasteiger partial charge in [-0.2, -0.15) is 0 Å². The first kappa shape index (κ1) is 93.0. The molecule has 0 radical (unpaired) electrons. The van der Waals surface area contributed by atoms with Crippen LogP contribution in [0.1, 0.15) is 362 Å². The van der Waals surface area contributed by atoms with Crippen molar-refractivity contribution in [3.8, 4) is 0 Å². The molecule has 0 saturated carbocycles. The maximum absolute atomic E-state index is 13.1. The molecule has 0 saturated heterocycles. The number of carbonyl (C=O) groups is 4. The molecule has 0 heterocycles. The number of esters is 4. The van der Waals surface area contributed by atoms with Crippen molar-refractivity contribution in [1.29, 1.82) is 0 Å². The van der Waals surface area contributed by atoms with E-state index in [2.05, 4.69) is 76.3 Å². The molecule has 0 aliphatic heterocycles. The molecule has 0 rings (SSSR count). The molecule has 0 spiro atoms. The van der Waals surface area contributed by atoms with Gasteiger partial charge in [-0.1, -0.05) is 320 Å². The smallest absolute Gasteiger partial charge is 0.462 e. The molecule has 0 aliphatic carbocycles. The number of ether oxygens (including phenoxy) is 4. The summed E-state index contributed by atoms with van der Waals surface area (Å²) in [6, 6.07) is 0. The van der Waals surface area contributed by atoms with Crippen LogP contribution in [0, 0.1) is 0 Å². The minimum Gasteiger partial charge on any atom is -0.462 e. The van der Waals surface area contributed by atoms with Crippen LogP contribution in [-0.4, -0.2) is 96.7 Å². The summed E-state index contributed by atoms with van der Waals surface area (Å²) in [7, 11) is -9.93. The lowest BCUT2D eigenvalue weighted by molar-refractivity contribution is -0.161. The quantitative estimate of drug-likeness (QED) is 0.0169. The lowest BCUT2D eigenvalue weighted by Gasteiger charge is -2.21. The Morgan fingerprint density at radius 1 is 0.302 bits per heavy atom. The predicted molar refractivity (Wildman–Crippen MR) is 390 cm³/mol. The Hall–Kier alpha value is -2.98. The van der Waals surface area contributed by atoms with E-state index in [4.69, 9.17) is 37.0 Å². The second-order valence-corrected chi connectivity index (χ2v) is 29.2. The van der Waals surface area contributed by atoms with E-state index in [1.54, 1.807) is 0 Å². The van der Waals surface area contributed by atoms with Crippen molar-refractivity contribution in [3.05, 3.63) is 48.6 Å². The van der Waals surface area contributed by atoms with Gasteiger partial charge in [-0.25, -0.2) is 9.13 Å². The van der Waals surface area contributed by atoms with Gasteiger partial charge in [-0.05, 0) is 64.2 Å². The van der Waals surface area contributed by atoms with E-state index >= 15 is 0 Å². The third-order valence-electron chi connectivity index (χ3n) is 16.8. The third kappa shape index (κ3) is 69.5. The van der Waals surface area contributed by atoms with Crippen LogP contribution in [0.15, 0.2) is 48.6 Å². The SMILES string of the molecule is CC/C=C\C/C=C\C/C=C\C/C=C\CCCCCCC(=O)OCC(COP(=O)(O)OCC(O)COP(=O)(O)OCC(COC(=O)CCCCCCCCCCCCCCC)OC(=O)CCCCCCCCCCCCC)OC(=O)CCCCCCCCCCCCCCCCC. The zero-order chi connectivity index (χ0) is 70.4.